The van der Waals surface area contributed by atoms with Crippen LogP contribution < -0.4 is 5.56 Å². The fourth-order valence-electron chi connectivity index (χ4n) is 0.738. The van der Waals surface area contributed by atoms with Crippen LogP contribution in [-0.4, -0.2) is 4.98 Å². The molecule has 56 valence electrons. The van der Waals surface area contributed by atoms with E-state index < -0.39 is 0 Å². The van der Waals surface area contributed by atoms with Gasteiger partial charge in [-0.05, 0) is 11.6 Å². The van der Waals surface area contributed by atoms with Crippen LogP contribution in [0.15, 0.2) is 16.9 Å². The van der Waals surface area contributed by atoms with Gasteiger partial charge in [-0.2, -0.15) is 5.26 Å². The van der Waals surface area contributed by atoms with Crippen molar-refractivity contribution in [2.24, 2.45) is 0 Å². The van der Waals surface area contributed by atoms with Gasteiger partial charge >= 0.3 is 0 Å². The quantitative estimate of drug-likeness (QED) is 0.636. The van der Waals surface area contributed by atoms with Gasteiger partial charge in [-0.15, -0.1) is 11.6 Å². The first kappa shape index (κ1) is 7.83. The summed E-state index contributed by atoms with van der Waals surface area (Å²) < 4.78 is 0. The van der Waals surface area contributed by atoms with Gasteiger partial charge in [-0.25, -0.2) is 0 Å². The van der Waals surface area contributed by atoms with Gasteiger partial charge in [0.2, 0.25) is 5.56 Å². The minimum Gasteiger partial charge on any atom is -0.314 e. The Kier molecular flexibility index (Phi) is 2.29. The number of pyridine rings is 1. The van der Waals surface area contributed by atoms with Crippen LogP contribution in [0.1, 0.15) is 11.3 Å². The lowest BCUT2D eigenvalue weighted by atomic mass is 10.2. The third-order valence-corrected chi connectivity index (χ3v) is 1.49. The van der Waals surface area contributed by atoms with Gasteiger partial charge in [-0.1, -0.05) is 0 Å². The molecule has 1 aromatic heterocycles. The molecule has 1 aromatic rings. The smallest absolute Gasteiger partial charge is 0.249 e. The molecular weight excluding hydrogens is 164 g/mol. The van der Waals surface area contributed by atoms with E-state index in [1.54, 1.807) is 6.07 Å². The summed E-state index contributed by atoms with van der Waals surface area (Å²) in [5.41, 5.74) is 0.611. The number of nitrogens with one attached hydrogen (secondary N) is 1. The summed E-state index contributed by atoms with van der Waals surface area (Å²) in [5.74, 6) is 0.249. The molecule has 0 unspecified atom stereocenters. The SMILES string of the molecule is N#Cc1cc(CCl)cc(=O)[nH]1. The zero-order valence-electron chi connectivity index (χ0n) is 5.60. The molecule has 0 amide bonds. The number of nitrogens with zero attached hydrogens (tertiary/aromatic N) is 1. The van der Waals surface area contributed by atoms with Gasteiger partial charge in [0.15, 0.2) is 0 Å². The molecule has 0 aromatic carbocycles. The highest BCUT2D eigenvalue weighted by atomic mass is 35.5. The lowest BCUT2D eigenvalue weighted by Crippen LogP contribution is -2.06. The number of rotatable bonds is 1. The van der Waals surface area contributed by atoms with Gasteiger partial charge in [0.25, 0.3) is 0 Å². The van der Waals surface area contributed by atoms with Crippen LogP contribution in [0, 0.1) is 11.3 Å². The number of aromatic nitrogens is 1. The summed E-state index contributed by atoms with van der Waals surface area (Å²) >= 11 is 5.47. The summed E-state index contributed by atoms with van der Waals surface area (Å²) in [7, 11) is 0. The maximum absolute atomic E-state index is 10.8. The first-order chi connectivity index (χ1) is 5.26. The number of nitriles is 1. The largest absolute Gasteiger partial charge is 0.314 e. The van der Waals surface area contributed by atoms with Crippen molar-refractivity contribution >= 4 is 11.6 Å². The number of H-pyrrole nitrogens is 1. The molecule has 0 fully saturated rings. The van der Waals surface area contributed by atoms with Crippen LogP contribution in [0.3, 0.4) is 0 Å². The lowest BCUT2D eigenvalue weighted by Gasteiger charge is -1.92. The van der Waals surface area contributed by atoms with E-state index in [0.29, 0.717) is 5.56 Å². The fraction of sp³-hybridized carbons (Fsp3) is 0.143. The average Bonchev–Trinajstić information content (AvgIpc) is 2.03. The van der Waals surface area contributed by atoms with Gasteiger partial charge in [0.05, 0.1) is 0 Å². The molecule has 3 nitrogen and oxygen atoms in total. The minimum absolute atomic E-state index is 0.244. The van der Waals surface area contributed by atoms with Crippen molar-refractivity contribution in [2.75, 3.05) is 0 Å². The van der Waals surface area contributed by atoms with Gasteiger partial charge < -0.3 is 4.98 Å². The third kappa shape index (κ3) is 1.82. The Labute approximate surface area is 68.2 Å². The highest BCUT2D eigenvalue weighted by molar-refractivity contribution is 6.17. The van der Waals surface area contributed by atoms with Crippen molar-refractivity contribution < 1.29 is 0 Å². The van der Waals surface area contributed by atoms with Crippen molar-refractivity contribution in [3.05, 3.63) is 33.7 Å². The Morgan fingerprint density at radius 3 is 2.91 bits per heavy atom. The van der Waals surface area contributed by atoms with E-state index in [1.165, 1.54) is 6.07 Å². The van der Waals surface area contributed by atoms with Crippen LogP contribution in [0.25, 0.3) is 0 Å². The fourth-order valence-corrected chi connectivity index (χ4v) is 0.892. The number of halogens is 1. The summed E-state index contributed by atoms with van der Waals surface area (Å²) in [6, 6.07) is 4.75. The highest BCUT2D eigenvalue weighted by Gasteiger charge is 1.95. The molecule has 0 saturated heterocycles. The first-order valence-electron chi connectivity index (χ1n) is 2.95. The van der Waals surface area contributed by atoms with Crippen LogP contribution in [-0.2, 0) is 5.88 Å². The Hall–Kier alpha value is -1.27. The predicted octanol–water partition coefficient (Wildman–Crippen LogP) is 0.985. The average molecular weight is 169 g/mol. The van der Waals surface area contributed by atoms with Crippen molar-refractivity contribution in [3.8, 4) is 6.07 Å². The van der Waals surface area contributed by atoms with Crippen molar-refractivity contribution in [1.29, 1.82) is 5.26 Å². The lowest BCUT2D eigenvalue weighted by molar-refractivity contribution is 1.16. The second kappa shape index (κ2) is 3.22. The Morgan fingerprint density at radius 2 is 2.36 bits per heavy atom. The van der Waals surface area contributed by atoms with E-state index in [-0.39, 0.29) is 17.1 Å². The number of hydrogen-bond acceptors (Lipinski definition) is 2. The molecule has 0 bridgehead atoms. The highest BCUT2D eigenvalue weighted by Crippen LogP contribution is 2.00. The Bertz CT molecular complexity index is 350. The summed E-state index contributed by atoms with van der Waals surface area (Å²) in [5, 5.41) is 8.42. The normalized spacial score (nSPS) is 9.09. The molecule has 1 N–H and O–H groups in total. The molecule has 0 atom stereocenters. The van der Waals surface area contributed by atoms with E-state index in [1.807, 2.05) is 6.07 Å². The Balaban J connectivity index is 3.26. The number of aromatic amines is 1. The standard InChI is InChI=1S/C7H5ClN2O/c8-3-5-1-6(4-9)10-7(11)2-5/h1-2H,3H2,(H,10,11). The zero-order chi connectivity index (χ0) is 8.27. The maximum Gasteiger partial charge on any atom is 0.249 e. The second-order valence-electron chi connectivity index (χ2n) is 2.01. The van der Waals surface area contributed by atoms with Crippen LogP contribution in [0.4, 0.5) is 0 Å². The van der Waals surface area contributed by atoms with E-state index in [0.717, 1.165) is 0 Å². The third-order valence-electron chi connectivity index (χ3n) is 1.18. The van der Waals surface area contributed by atoms with Crippen molar-refractivity contribution in [3.63, 3.8) is 0 Å². The summed E-state index contributed by atoms with van der Waals surface area (Å²) in [4.78, 5) is 13.1. The zero-order valence-corrected chi connectivity index (χ0v) is 6.35. The molecule has 0 aliphatic carbocycles. The first-order valence-corrected chi connectivity index (χ1v) is 3.49. The van der Waals surface area contributed by atoms with Crippen molar-refractivity contribution in [2.45, 2.75) is 5.88 Å². The maximum atomic E-state index is 10.8. The molecule has 0 radical (unpaired) electrons. The summed E-state index contributed by atoms with van der Waals surface area (Å²) in [6.45, 7) is 0. The molecule has 0 saturated carbocycles. The van der Waals surface area contributed by atoms with E-state index in [2.05, 4.69) is 4.98 Å². The van der Waals surface area contributed by atoms with Crippen LogP contribution >= 0.6 is 11.6 Å². The molecule has 11 heavy (non-hydrogen) atoms. The second-order valence-corrected chi connectivity index (χ2v) is 2.28. The molecule has 4 heteroatoms. The van der Waals surface area contributed by atoms with E-state index in [4.69, 9.17) is 16.9 Å². The molecule has 1 heterocycles. The van der Waals surface area contributed by atoms with Gasteiger partial charge in [-0.3, -0.25) is 4.79 Å². The monoisotopic (exact) mass is 168 g/mol. The van der Waals surface area contributed by atoms with Gasteiger partial charge in [0, 0.05) is 11.9 Å². The molecule has 0 spiro atoms. The van der Waals surface area contributed by atoms with E-state index in [9.17, 15) is 4.79 Å². The molecule has 1 rings (SSSR count). The molecular formula is C7H5ClN2O. The van der Waals surface area contributed by atoms with Gasteiger partial charge in [0.1, 0.15) is 11.8 Å². The number of alkyl halides is 1. The van der Waals surface area contributed by atoms with Crippen LogP contribution in [0.2, 0.25) is 0 Å². The van der Waals surface area contributed by atoms with E-state index >= 15 is 0 Å². The Morgan fingerprint density at radius 1 is 1.64 bits per heavy atom. The molecule has 0 aliphatic rings. The van der Waals surface area contributed by atoms with Crippen LogP contribution in [0.5, 0.6) is 0 Å². The minimum atomic E-state index is -0.292. The topological polar surface area (TPSA) is 56.6 Å². The predicted molar refractivity (Wildman–Crippen MR) is 41.3 cm³/mol. The molecule has 0 aliphatic heterocycles. The van der Waals surface area contributed by atoms with Crippen molar-refractivity contribution in [1.82, 2.24) is 4.98 Å². The summed E-state index contributed by atoms with van der Waals surface area (Å²) in [6.07, 6.45) is 0. The number of hydrogen-bond donors (Lipinski definition) is 1.